The predicted octanol–water partition coefficient (Wildman–Crippen LogP) is 1.61. The Bertz CT molecular complexity index is 319. The summed E-state index contributed by atoms with van der Waals surface area (Å²) in [4.78, 5) is 0. The molecule has 3 N–H and O–H groups in total. The van der Waals surface area contributed by atoms with Crippen molar-refractivity contribution in [2.24, 2.45) is 5.73 Å². The highest BCUT2D eigenvalue weighted by Gasteiger charge is 2.15. The molecule has 13 heavy (non-hydrogen) atoms. The van der Waals surface area contributed by atoms with Crippen molar-refractivity contribution in [3.8, 4) is 0 Å². The van der Waals surface area contributed by atoms with E-state index in [0.29, 0.717) is 0 Å². The van der Waals surface area contributed by atoms with Crippen molar-refractivity contribution in [3.05, 3.63) is 34.4 Å². The molecule has 72 valence electrons. The van der Waals surface area contributed by atoms with E-state index in [1.807, 2.05) is 0 Å². The molecule has 1 atom stereocenters. The number of aliphatic hydroxyl groups is 1. The molecule has 0 radical (unpaired) electrons. The molecule has 0 bridgehead atoms. The molecule has 0 spiro atoms. The summed E-state index contributed by atoms with van der Waals surface area (Å²) in [6.07, 6.45) is 0. The molecular formula is C8H8ClF2NO. The smallest absolute Gasteiger partial charge is 0.163 e. The van der Waals surface area contributed by atoms with Gasteiger partial charge in [-0.1, -0.05) is 11.6 Å². The van der Waals surface area contributed by atoms with Crippen LogP contribution in [-0.2, 0) is 0 Å². The Morgan fingerprint density at radius 2 is 2.08 bits per heavy atom. The highest BCUT2D eigenvalue weighted by molar-refractivity contribution is 6.30. The summed E-state index contributed by atoms with van der Waals surface area (Å²) < 4.78 is 25.7. The summed E-state index contributed by atoms with van der Waals surface area (Å²) in [7, 11) is 0. The first-order valence-electron chi connectivity index (χ1n) is 3.57. The molecule has 0 amide bonds. The summed E-state index contributed by atoms with van der Waals surface area (Å²) >= 11 is 5.48. The van der Waals surface area contributed by atoms with Crippen molar-refractivity contribution < 1.29 is 13.9 Å². The second-order valence-corrected chi connectivity index (χ2v) is 3.02. The molecule has 1 unspecified atom stereocenters. The summed E-state index contributed by atoms with van der Waals surface area (Å²) in [6, 6.07) is 1.10. The molecule has 0 aliphatic carbocycles. The summed E-state index contributed by atoms with van der Waals surface area (Å²) in [5.74, 6) is -2.13. The van der Waals surface area contributed by atoms with Gasteiger partial charge in [-0.3, -0.25) is 0 Å². The van der Waals surface area contributed by atoms with E-state index in [1.165, 1.54) is 6.07 Å². The van der Waals surface area contributed by atoms with E-state index in [9.17, 15) is 8.78 Å². The highest BCUT2D eigenvalue weighted by atomic mass is 35.5. The standard InChI is InChI=1S/C8H8ClF2NO/c9-4-1-5(7(12)3-13)8(11)6(10)2-4/h1-2,7,13H,3,12H2. The lowest BCUT2D eigenvalue weighted by Gasteiger charge is -2.10. The second-order valence-electron chi connectivity index (χ2n) is 2.58. The van der Waals surface area contributed by atoms with Crippen molar-refractivity contribution in [1.82, 2.24) is 0 Å². The molecule has 0 saturated carbocycles. The average Bonchev–Trinajstić information content (AvgIpc) is 2.10. The van der Waals surface area contributed by atoms with Crippen molar-refractivity contribution in [2.75, 3.05) is 6.61 Å². The molecule has 0 aliphatic rings. The first kappa shape index (κ1) is 10.4. The van der Waals surface area contributed by atoms with Gasteiger partial charge in [-0.15, -0.1) is 0 Å². The minimum absolute atomic E-state index is 0.0535. The van der Waals surface area contributed by atoms with E-state index in [2.05, 4.69) is 0 Å². The topological polar surface area (TPSA) is 46.2 Å². The minimum Gasteiger partial charge on any atom is -0.394 e. The van der Waals surface area contributed by atoms with Gasteiger partial charge in [0.05, 0.1) is 12.6 Å². The Morgan fingerprint density at radius 1 is 1.46 bits per heavy atom. The monoisotopic (exact) mass is 207 g/mol. The molecule has 0 fully saturated rings. The fourth-order valence-corrected chi connectivity index (χ4v) is 1.16. The molecule has 1 rings (SSSR count). The Morgan fingerprint density at radius 3 is 2.62 bits per heavy atom. The lowest BCUT2D eigenvalue weighted by atomic mass is 10.1. The van der Waals surface area contributed by atoms with Crippen molar-refractivity contribution in [3.63, 3.8) is 0 Å². The molecule has 5 heteroatoms. The van der Waals surface area contributed by atoms with Crippen LogP contribution in [0.3, 0.4) is 0 Å². The maximum Gasteiger partial charge on any atom is 0.163 e. The van der Waals surface area contributed by atoms with Gasteiger partial charge in [-0.25, -0.2) is 8.78 Å². The van der Waals surface area contributed by atoms with Crippen LogP contribution in [0.2, 0.25) is 5.02 Å². The van der Waals surface area contributed by atoms with Crippen molar-refractivity contribution in [1.29, 1.82) is 0 Å². The van der Waals surface area contributed by atoms with Crippen molar-refractivity contribution in [2.45, 2.75) is 6.04 Å². The quantitative estimate of drug-likeness (QED) is 0.724. The maximum absolute atomic E-state index is 13.0. The normalized spacial score (nSPS) is 13.0. The number of hydrogen-bond acceptors (Lipinski definition) is 2. The Labute approximate surface area is 78.9 Å². The Balaban J connectivity index is 3.20. The Kier molecular flexibility index (Phi) is 3.19. The summed E-state index contributed by atoms with van der Waals surface area (Å²) in [6.45, 7) is -0.462. The van der Waals surface area contributed by atoms with E-state index in [4.69, 9.17) is 22.4 Å². The number of nitrogens with two attached hydrogens (primary N) is 1. The zero-order valence-electron chi connectivity index (χ0n) is 6.60. The third-order valence-electron chi connectivity index (χ3n) is 1.62. The largest absolute Gasteiger partial charge is 0.394 e. The number of halogens is 3. The predicted molar refractivity (Wildman–Crippen MR) is 45.4 cm³/mol. The van der Waals surface area contributed by atoms with Gasteiger partial charge >= 0.3 is 0 Å². The zero-order valence-corrected chi connectivity index (χ0v) is 7.35. The molecule has 2 nitrogen and oxygen atoms in total. The van der Waals surface area contributed by atoms with E-state index in [1.54, 1.807) is 0 Å². The molecule has 1 aromatic rings. The van der Waals surface area contributed by atoms with E-state index >= 15 is 0 Å². The number of aliphatic hydroxyl groups excluding tert-OH is 1. The zero-order chi connectivity index (χ0) is 10.0. The number of hydrogen-bond donors (Lipinski definition) is 2. The first-order valence-corrected chi connectivity index (χ1v) is 3.95. The highest BCUT2D eigenvalue weighted by Crippen LogP contribution is 2.22. The molecule has 1 aromatic carbocycles. The van der Waals surface area contributed by atoms with Crippen LogP contribution in [0.25, 0.3) is 0 Å². The number of rotatable bonds is 2. The van der Waals surface area contributed by atoms with Gasteiger partial charge < -0.3 is 10.8 Å². The van der Waals surface area contributed by atoms with Crippen LogP contribution >= 0.6 is 11.6 Å². The first-order chi connectivity index (χ1) is 6.06. The van der Waals surface area contributed by atoms with Crippen LogP contribution in [0.1, 0.15) is 11.6 Å². The van der Waals surface area contributed by atoms with Crippen LogP contribution in [-0.4, -0.2) is 11.7 Å². The molecular weight excluding hydrogens is 200 g/mol. The second kappa shape index (κ2) is 4.00. The number of benzene rings is 1. The average molecular weight is 208 g/mol. The van der Waals surface area contributed by atoms with Gasteiger partial charge in [-0.05, 0) is 12.1 Å². The van der Waals surface area contributed by atoms with E-state index < -0.39 is 24.3 Å². The van der Waals surface area contributed by atoms with Gasteiger partial charge in [0.1, 0.15) is 0 Å². The van der Waals surface area contributed by atoms with E-state index in [0.717, 1.165) is 6.07 Å². The van der Waals surface area contributed by atoms with Gasteiger partial charge in [0, 0.05) is 10.6 Å². The molecule has 0 aliphatic heterocycles. The SMILES string of the molecule is NC(CO)c1cc(Cl)cc(F)c1F. The lowest BCUT2D eigenvalue weighted by molar-refractivity contribution is 0.264. The molecule has 0 aromatic heterocycles. The van der Waals surface area contributed by atoms with Crippen molar-refractivity contribution >= 4 is 11.6 Å². The summed E-state index contributed by atoms with van der Waals surface area (Å²) in [5, 5.41) is 8.69. The van der Waals surface area contributed by atoms with Crippen LogP contribution in [0, 0.1) is 11.6 Å². The van der Waals surface area contributed by atoms with Crippen LogP contribution in [0.15, 0.2) is 12.1 Å². The Hall–Kier alpha value is -0.710. The van der Waals surface area contributed by atoms with Gasteiger partial charge in [0.15, 0.2) is 11.6 Å². The van der Waals surface area contributed by atoms with Crippen LogP contribution in [0.4, 0.5) is 8.78 Å². The third kappa shape index (κ3) is 2.15. The van der Waals surface area contributed by atoms with Crippen LogP contribution in [0.5, 0.6) is 0 Å². The van der Waals surface area contributed by atoms with E-state index in [-0.39, 0.29) is 10.6 Å². The molecule has 0 heterocycles. The van der Waals surface area contributed by atoms with Gasteiger partial charge in [0.25, 0.3) is 0 Å². The third-order valence-corrected chi connectivity index (χ3v) is 1.84. The van der Waals surface area contributed by atoms with Gasteiger partial charge in [-0.2, -0.15) is 0 Å². The van der Waals surface area contributed by atoms with Crippen LogP contribution < -0.4 is 5.73 Å². The fraction of sp³-hybridized carbons (Fsp3) is 0.250. The molecule has 0 saturated heterocycles. The summed E-state index contributed by atoms with van der Waals surface area (Å²) in [5.41, 5.74) is 5.20. The fourth-order valence-electron chi connectivity index (χ4n) is 0.944. The maximum atomic E-state index is 13.0. The van der Waals surface area contributed by atoms with Gasteiger partial charge in [0.2, 0.25) is 0 Å². The minimum atomic E-state index is -1.06. The lowest BCUT2D eigenvalue weighted by Crippen LogP contribution is -2.16.